The Bertz CT molecular complexity index is 1630. The number of phosphoric acid groups is 1. The molecule has 318 valence electrons. The fraction of sp³-hybridized carbons (Fsp3) is 0.625. The Morgan fingerprint density at radius 2 is 1.41 bits per heavy atom. The van der Waals surface area contributed by atoms with Crippen molar-refractivity contribution >= 4 is 19.5 Å². The highest BCUT2D eigenvalue weighted by atomic mass is 31.2. The average molecular weight is 815 g/mol. The van der Waals surface area contributed by atoms with E-state index in [1.807, 2.05) is 25.9 Å². The molecule has 1 fully saturated rings. The van der Waals surface area contributed by atoms with Crippen molar-refractivity contribution in [1.82, 2.24) is 14.5 Å². The van der Waals surface area contributed by atoms with Gasteiger partial charge in [0.05, 0.1) is 13.2 Å². The minimum absolute atomic E-state index is 0.121. The molecule has 16 heteroatoms. The Balaban J connectivity index is 0.00000241. The van der Waals surface area contributed by atoms with Crippen LogP contribution < -0.4 is 11.0 Å². The van der Waals surface area contributed by atoms with Crippen LogP contribution >= 0.6 is 7.82 Å². The van der Waals surface area contributed by atoms with Crippen LogP contribution in [0, 0.1) is 0 Å². The van der Waals surface area contributed by atoms with Crippen LogP contribution in [0.4, 0.5) is 14.6 Å². The molecule has 56 heavy (non-hydrogen) atoms. The van der Waals surface area contributed by atoms with Gasteiger partial charge in [0.2, 0.25) is 12.1 Å². The molecule has 0 aromatic carbocycles. The van der Waals surface area contributed by atoms with E-state index in [4.69, 9.17) is 19.6 Å². The van der Waals surface area contributed by atoms with Gasteiger partial charge in [0.25, 0.3) is 0 Å². The van der Waals surface area contributed by atoms with Gasteiger partial charge < -0.3 is 35.0 Å². The molecule has 1 aliphatic heterocycles. The van der Waals surface area contributed by atoms with Crippen molar-refractivity contribution in [2.24, 2.45) is 0 Å². The van der Waals surface area contributed by atoms with Gasteiger partial charge in [-0.3, -0.25) is 13.9 Å². The number of alkyl halides is 2. The number of hydrogen-bond donors (Lipinski definition) is 5. The van der Waals surface area contributed by atoms with Crippen LogP contribution in [-0.2, 0) is 18.6 Å². The van der Waals surface area contributed by atoms with Crippen LogP contribution in [0.25, 0.3) is 0 Å². The predicted octanol–water partition coefficient (Wildman–Crippen LogP) is 7.38. The summed E-state index contributed by atoms with van der Waals surface area (Å²) >= 11 is 0. The third kappa shape index (κ3) is 21.4. The van der Waals surface area contributed by atoms with Crippen LogP contribution in [0.5, 0.6) is 0 Å². The van der Waals surface area contributed by atoms with Crippen LogP contribution in [0.15, 0.2) is 75.3 Å². The summed E-state index contributed by atoms with van der Waals surface area (Å²) in [4.78, 5) is 48.1. The molecule has 0 bridgehead atoms. The van der Waals surface area contributed by atoms with Gasteiger partial charge in [0.1, 0.15) is 11.9 Å². The fourth-order valence-corrected chi connectivity index (χ4v) is 5.74. The number of rotatable bonds is 22. The zero-order valence-electron chi connectivity index (χ0n) is 34.3. The zero-order chi connectivity index (χ0) is 42.5. The second-order valence-electron chi connectivity index (χ2n) is 14.7. The molecule has 5 N–H and O–H groups in total. The number of likely N-dealkylation sites (N-methyl/N-ethyl adjacent to an activating group) is 1. The Kier molecular flexibility index (Phi) is 23.6. The molecule has 0 radical (unpaired) electrons. The van der Waals surface area contributed by atoms with Gasteiger partial charge in [-0.15, -0.1) is 0 Å². The topological polar surface area (TPSA) is 184 Å². The number of phosphoric ester groups is 1. The minimum atomic E-state index is -5.01. The number of nitrogens with zero attached hydrogens (tertiary/aromatic N) is 3. The molecule has 2 heterocycles. The molecule has 3 atom stereocenters. The van der Waals surface area contributed by atoms with Crippen molar-refractivity contribution in [3.63, 3.8) is 0 Å². The maximum absolute atomic E-state index is 14.7. The van der Waals surface area contributed by atoms with Gasteiger partial charge in [-0.05, 0) is 119 Å². The van der Waals surface area contributed by atoms with E-state index < -0.39 is 50.4 Å². The maximum Gasteiger partial charge on any atom is 0.469 e. The van der Waals surface area contributed by atoms with Crippen LogP contribution in [0.3, 0.4) is 0 Å². The van der Waals surface area contributed by atoms with Crippen LogP contribution in [0.1, 0.15) is 112 Å². The molecule has 1 aliphatic rings. The summed E-state index contributed by atoms with van der Waals surface area (Å²) in [7, 11) is -1.16. The highest BCUT2D eigenvalue weighted by molar-refractivity contribution is 7.46. The first-order valence-corrected chi connectivity index (χ1v) is 20.5. The summed E-state index contributed by atoms with van der Waals surface area (Å²) in [6.07, 6.45) is 14.4. The molecule has 1 amide bonds. The Labute approximate surface area is 331 Å². The Hall–Kier alpha value is -3.14. The summed E-state index contributed by atoms with van der Waals surface area (Å²) in [5.41, 5.74) is 5.39. The van der Waals surface area contributed by atoms with E-state index in [1.54, 1.807) is 0 Å². The number of allylic oxidation sites excluding steroid dienone is 10. The Morgan fingerprint density at radius 3 is 1.86 bits per heavy atom. The number of ether oxygens (including phenoxy) is 1. The normalized spacial score (nSPS) is 19.2. The van der Waals surface area contributed by atoms with Crippen molar-refractivity contribution in [3.8, 4) is 0 Å². The zero-order valence-corrected chi connectivity index (χ0v) is 35.2. The number of unbranched alkanes of at least 4 members (excludes halogenated alkanes) is 1. The predicted molar refractivity (Wildman–Crippen MR) is 216 cm³/mol. The Morgan fingerprint density at radius 1 is 0.911 bits per heavy atom. The van der Waals surface area contributed by atoms with Crippen LogP contribution in [0.2, 0.25) is 0 Å². The number of hydrogen-bond acceptors (Lipinski definition) is 9. The SMILES string of the molecule is CC(C)=CCC/C(C)=C/CC/C(C)=C/CC/C=C(/C)CC/C=C(\C)CCC(=O)Nc1ccn([C@@H]2O[C@H](COP(=O)(O)O)[C@@H](O)C2(F)F)c(=O)n1.CN(C)CCO. The van der Waals surface area contributed by atoms with E-state index in [2.05, 4.69) is 79.8 Å². The molecule has 0 spiro atoms. The molecular formula is C40H65F2N4O9P. The van der Waals surface area contributed by atoms with Gasteiger partial charge in [-0.1, -0.05) is 58.2 Å². The van der Waals surface area contributed by atoms with E-state index in [9.17, 15) is 28.0 Å². The molecule has 1 saturated heterocycles. The van der Waals surface area contributed by atoms with E-state index in [0.29, 0.717) is 11.0 Å². The highest BCUT2D eigenvalue weighted by Crippen LogP contribution is 2.44. The first-order chi connectivity index (χ1) is 26.2. The van der Waals surface area contributed by atoms with E-state index in [1.165, 1.54) is 22.3 Å². The standard InChI is InChI=1S/C36H54F2N3O8P.C4H11NO/c1-25(2)12-9-15-28(5)18-10-16-26(3)13-7-8-14-27(4)17-11-19-29(6)20-21-32(42)39-31-22-23-41(35(44)40-31)34-36(37,38)33(43)30(49-34)24-48-50(45,46)47;1-5(2)3-4-6/h12-14,18-19,22-23,30,33-34,43H,7-11,15-17,20-21,24H2,1-6H3,(H2,45,46,47)(H,39,40,42,44);6H,3-4H2,1-2H3/b26-13+,27-14-,28-18+,29-19+;/t30-,33-,34-;/m1./s1. The summed E-state index contributed by atoms with van der Waals surface area (Å²) in [5.74, 6) is -4.57. The lowest BCUT2D eigenvalue weighted by Crippen LogP contribution is -2.42. The van der Waals surface area contributed by atoms with E-state index in [-0.39, 0.29) is 18.8 Å². The third-order valence-corrected chi connectivity index (χ3v) is 9.22. The lowest BCUT2D eigenvalue weighted by atomic mass is 10.0. The second kappa shape index (κ2) is 26.0. The first kappa shape index (κ1) is 50.9. The van der Waals surface area contributed by atoms with Crippen LogP contribution in [-0.4, -0.2) is 92.3 Å². The summed E-state index contributed by atoms with van der Waals surface area (Å²) in [6.45, 7) is 12.7. The van der Waals surface area contributed by atoms with Crippen molar-refractivity contribution in [3.05, 3.63) is 81.0 Å². The van der Waals surface area contributed by atoms with Gasteiger partial charge in [-0.2, -0.15) is 13.8 Å². The number of nitrogens with one attached hydrogen (secondary N) is 1. The highest BCUT2D eigenvalue weighted by Gasteiger charge is 2.60. The number of carbonyl (C=O) groups is 1. The van der Waals surface area contributed by atoms with Gasteiger partial charge in [-0.25, -0.2) is 9.36 Å². The monoisotopic (exact) mass is 814 g/mol. The lowest BCUT2D eigenvalue weighted by molar-refractivity contribution is -0.140. The lowest BCUT2D eigenvalue weighted by Gasteiger charge is -2.21. The third-order valence-electron chi connectivity index (χ3n) is 8.74. The molecule has 0 saturated carbocycles. The first-order valence-electron chi connectivity index (χ1n) is 19.0. The van der Waals surface area contributed by atoms with Crippen molar-refractivity contribution in [2.45, 2.75) is 130 Å². The number of aromatic nitrogens is 2. The van der Waals surface area contributed by atoms with Gasteiger partial charge >= 0.3 is 19.4 Å². The molecule has 0 aliphatic carbocycles. The number of carbonyl (C=O) groups excluding carboxylic acids is 1. The van der Waals surface area contributed by atoms with Crippen molar-refractivity contribution in [2.75, 3.05) is 39.2 Å². The van der Waals surface area contributed by atoms with E-state index >= 15 is 0 Å². The second-order valence-corrected chi connectivity index (χ2v) is 15.9. The number of aliphatic hydroxyl groups excluding tert-OH is 2. The van der Waals surface area contributed by atoms with Crippen molar-refractivity contribution in [1.29, 1.82) is 0 Å². The number of amides is 1. The molecular weight excluding hydrogens is 749 g/mol. The maximum atomic E-state index is 14.7. The average Bonchev–Trinajstić information content (AvgIpc) is 3.31. The molecule has 13 nitrogen and oxygen atoms in total. The number of anilines is 1. The van der Waals surface area contributed by atoms with Crippen molar-refractivity contribution < 1.29 is 47.4 Å². The number of aliphatic hydroxyl groups is 2. The number of halogens is 2. The molecule has 1 aromatic heterocycles. The smallest absolute Gasteiger partial charge is 0.395 e. The summed E-state index contributed by atoms with van der Waals surface area (Å²) < 4.78 is 49.8. The fourth-order valence-electron chi connectivity index (χ4n) is 5.40. The van der Waals surface area contributed by atoms with Gasteiger partial charge in [0, 0.05) is 19.2 Å². The summed E-state index contributed by atoms with van der Waals surface area (Å²) in [6, 6.07) is 1.13. The molecule has 0 unspecified atom stereocenters. The molecule has 1 aromatic rings. The minimum Gasteiger partial charge on any atom is -0.395 e. The largest absolute Gasteiger partial charge is 0.469 e. The van der Waals surface area contributed by atoms with Gasteiger partial charge in [0.15, 0.2) is 6.10 Å². The van der Waals surface area contributed by atoms with E-state index in [0.717, 1.165) is 75.7 Å². The summed E-state index contributed by atoms with van der Waals surface area (Å²) in [5, 5.41) is 20.6. The quantitative estimate of drug-likeness (QED) is 0.0447. The molecule has 2 rings (SSSR count).